The van der Waals surface area contributed by atoms with Crippen LogP contribution in [0.2, 0.25) is 0 Å². The van der Waals surface area contributed by atoms with Crippen molar-refractivity contribution in [1.82, 2.24) is 30.1 Å². The highest BCUT2D eigenvalue weighted by Gasteiger charge is 2.38. The Labute approximate surface area is 676 Å². The predicted octanol–water partition coefficient (Wildman–Crippen LogP) is 14.8. The molecule has 0 aromatic carbocycles. The quantitative estimate of drug-likeness (QED) is 0.0329. The highest BCUT2D eigenvalue weighted by atomic mass is 32.2. The van der Waals surface area contributed by atoms with Crippen molar-refractivity contribution in [1.29, 1.82) is 5.26 Å². The number of unbranched alkanes of at least 4 members (excludes halogenated alkanes) is 3. The lowest BCUT2D eigenvalue weighted by atomic mass is 10.1. The average Bonchev–Trinajstić information content (AvgIpc) is 1.64. The highest BCUT2D eigenvalue weighted by molar-refractivity contribution is 7.99. The van der Waals surface area contributed by atoms with E-state index in [1.165, 1.54) is 42.0 Å². The largest absolute Gasteiger partial charge is 0.252 e. The number of sulfonamides is 6. The Kier molecular flexibility index (Phi) is 44.6. The third kappa shape index (κ3) is 36.8. The van der Waals surface area contributed by atoms with Crippen molar-refractivity contribution in [2.45, 2.75) is 246 Å². The monoisotopic (exact) mass is 1700 g/mol. The van der Waals surface area contributed by atoms with E-state index in [0.717, 1.165) is 70.5 Å². The maximum Gasteiger partial charge on any atom is 0.245 e. The van der Waals surface area contributed by atoms with Crippen molar-refractivity contribution in [3.8, 4) is 6.07 Å². The summed E-state index contributed by atoms with van der Waals surface area (Å²) in [5.41, 5.74) is 8.69. The van der Waals surface area contributed by atoms with Crippen LogP contribution in [-0.2, 0) is 69.8 Å². The minimum atomic E-state index is -3.40. The van der Waals surface area contributed by atoms with Crippen LogP contribution in [0.1, 0.15) is 229 Å². The third-order valence-electron chi connectivity index (χ3n) is 20.8. The summed E-state index contributed by atoms with van der Waals surface area (Å²) in [7, 11) is -20.7. The molecule has 21 nitrogen and oxygen atoms in total. The molecule has 1 aliphatic carbocycles. The maximum atomic E-state index is 12.6. The summed E-state index contributed by atoms with van der Waals surface area (Å²) in [5, 5.41) is 8.51. The molecule has 111 heavy (non-hydrogen) atoms. The third-order valence-corrected chi connectivity index (χ3v) is 35.3. The summed E-state index contributed by atoms with van der Waals surface area (Å²) in [6, 6.07) is 2.03. The molecule has 8 rings (SSSR count). The highest BCUT2D eigenvalue weighted by Crippen LogP contribution is 2.34. The van der Waals surface area contributed by atoms with Crippen LogP contribution >= 0.6 is 0 Å². The fourth-order valence-corrected chi connectivity index (χ4v) is 24.0. The average molecular weight is 1700 g/mol. The zero-order valence-corrected chi connectivity index (χ0v) is 77.7. The molecule has 0 spiro atoms. The van der Waals surface area contributed by atoms with Gasteiger partial charge >= 0.3 is 0 Å². The van der Waals surface area contributed by atoms with Crippen LogP contribution in [0.15, 0.2) is 81.5 Å². The fraction of sp³-hybridized carbons (Fsp3) is 0.802. The van der Waals surface area contributed by atoms with E-state index in [-0.39, 0.29) is 47.0 Å². The van der Waals surface area contributed by atoms with Gasteiger partial charge < -0.3 is 0 Å². The van der Waals surface area contributed by atoms with E-state index in [4.69, 9.17) is 5.26 Å². The fourth-order valence-electron chi connectivity index (χ4n) is 12.5. The molecule has 0 bridgehead atoms. The van der Waals surface area contributed by atoms with Gasteiger partial charge in [0.25, 0.3) is 0 Å². The zero-order chi connectivity index (χ0) is 85.0. The molecule has 646 valence electrons. The molecule has 2 unspecified atom stereocenters. The number of nitriles is 1. The van der Waals surface area contributed by atoms with Gasteiger partial charge in [-0.05, 0) is 124 Å². The number of halogens is 2. The van der Waals surface area contributed by atoms with Gasteiger partial charge in [-0.3, -0.25) is 4.21 Å². The molecule has 0 N–H and O–H groups in total. The lowest BCUT2D eigenvalue weighted by Crippen LogP contribution is -2.36. The van der Waals surface area contributed by atoms with Gasteiger partial charge in [0.2, 0.25) is 66.1 Å². The molecule has 7 heterocycles. The van der Waals surface area contributed by atoms with Crippen LogP contribution < -0.4 is 0 Å². The summed E-state index contributed by atoms with van der Waals surface area (Å²) in [6.07, 6.45) is 21.9. The Morgan fingerprint density at radius 2 is 0.685 bits per heavy atom. The molecular weight excluding hydrogens is 1560 g/mol. The maximum absolute atomic E-state index is 12.6. The molecular formula is C81H148F2N8O13S7. The SMILES string of the molecule is C=S(=O)(C1CC1)N1CC=C(C(C)C)C1.CC(C)C1=CCN(S(=O)(=O)CCCC(C)(F)F)C1.CC(C)C1=CCN(S(=O)(=O)CCCCC#N)C1.CC(C)CCS(=O)(=O)N1CC=C(C(C)C)C1.CC(C)CS(=O)(=O)N1CC=C(C(C)C)C1.CCCC(C)S(=O)(=O)N1CC=C(C(C)C)C1.CCCCS(=O)(=O)N1CC=C(C(C)C)C1. The van der Waals surface area contributed by atoms with Gasteiger partial charge in [-0.15, -0.1) is 0 Å². The summed E-state index contributed by atoms with van der Waals surface area (Å²) < 4.78 is 193. The Morgan fingerprint density at radius 1 is 0.396 bits per heavy atom. The molecule has 7 aliphatic heterocycles. The first-order chi connectivity index (χ1) is 51.1. The second-order valence-electron chi connectivity index (χ2n) is 33.9. The smallest absolute Gasteiger partial charge is 0.245 e. The van der Waals surface area contributed by atoms with Crippen LogP contribution in [0.3, 0.4) is 0 Å². The summed E-state index contributed by atoms with van der Waals surface area (Å²) in [6.45, 7) is 52.2. The molecule has 0 aromatic heterocycles. The van der Waals surface area contributed by atoms with E-state index in [1.807, 2.05) is 78.8 Å². The first-order valence-corrected chi connectivity index (χ1v) is 52.0. The van der Waals surface area contributed by atoms with Crippen molar-refractivity contribution in [3.05, 3.63) is 81.5 Å². The Balaban J connectivity index is 0.000000440. The molecule has 0 radical (unpaired) electrons. The molecule has 0 amide bonds. The van der Waals surface area contributed by atoms with E-state index in [9.17, 15) is 63.5 Å². The van der Waals surface area contributed by atoms with Gasteiger partial charge in [0, 0.05) is 119 Å². The molecule has 1 fully saturated rings. The molecule has 0 aromatic rings. The van der Waals surface area contributed by atoms with Gasteiger partial charge in [-0.25, -0.2) is 63.6 Å². The van der Waals surface area contributed by atoms with Gasteiger partial charge in [0.05, 0.1) is 40.1 Å². The lowest BCUT2D eigenvalue weighted by Gasteiger charge is -2.21. The summed E-state index contributed by atoms with van der Waals surface area (Å²) in [4.78, 5) is 0. The number of hydrogen-bond donors (Lipinski definition) is 0. The molecule has 8 aliphatic rings. The zero-order valence-electron chi connectivity index (χ0n) is 72.0. The van der Waals surface area contributed by atoms with Gasteiger partial charge in [-0.1, -0.05) is 233 Å². The molecule has 30 heteroatoms. The van der Waals surface area contributed by atoms with E-state index in [0.29, 0.717) is 156 Å². The molecule has 1 saturated carbocycles. The standard InChI is InChI=1S/C12H21F2NO2S.C12H20N2O2S.2C12H23NO2S.2C11H21NO2S.C11H19NOS/c1-10(2)11-5-7-15(9-11)18(16,17)8-4-6-12(3,13)14;1-11(2)12-6-8-14(10-12)17(15,16)9-5-3-4-7-13;1-10(2)6-8-16(14,15)13-7-5-12(9-13)11(3)4;1-5-6-11(4)16(14,15)13-8-7-12(9-13)10(2)3;1-9(2)8-15(13,14)12-6-5-11(7-12)10(3)4;1-4-5-8-15(13,14)12-7-6-11(9-12)10(2)3;1-9(2)10-6-7-12(8-10)14(3,13)11-4-5-11/h5,10H,4,6-9H2,1-3H3;6,11H,3-5,8-10H2,1-2H3;5,10-11H,6-9H2,1-4H3;7,10-11H,5-6,8-9H2,1-4H3;5,9-10H,6-8H2,1-4H3;6,10H,4-5,7-9H2,1-3H3;6,9,11H,3-5,7-8H2,1-2H3. The van der Waals surface area contributed by atoms with Crippen molar-refractivity contribution in [2.75, 3.05) is 120 Å². The first-order valence-electron chi connectivity index (χ1n) is 40.7. The van der Waals surface area contributed by atoms with Crippen LogP contribution in [0.25, 0.3) is 0 Å². The van der Waals surface area contributed by atoms with Gasteiger partial charge in [0.15, 0.2) is 0 Å². The summed E-state index contributed by atoms with van der Waals surface area (Å²) in [5.74, 6) is 5.68. The number of hydrogen-bond acceptors (Lipinski definition) is 14. The van der Waals surface area contributed by atoms with E-state index in [1.54, 1.807) is 17.2 Å². The lowest BCUT2D eigenvalue weighted by molar-refractivity contribution is 0.0124. The number of alkyl halides is 2. The minimum absolute atomic E-state index is 0.000650. The molecule has 0 saturated heterocycles. The van der Waals surface area contributed by atoms with Crippen LogP contribution in [0.5, 0.6) is 0 Å². The summed E-state index contributed by atoms with van der Waals surface area (Å²) >= 11 is 0. The van der Waals surface area contributed by atoms with Gasteiger partial charge in [-0.2, -0.15) is 31.1 Å². The van der Waals surface area contributed by atoms with Gasteiger partial charge in [0.1, 0.15) is 0 Å². The van der Waals surface area contributed by atoms with E-state index in [2.05, 4.69) is 125 Å². The second kappa shape index (κ2) is 47.5. The second-order valence-corrected chi connectivity index (χ2v) is 49.2. The van der Waals surface area contributed by atoms with E-state index < -0.39 is 75.8 Å². The van der Waals surface area contributed by atoms with Crippen LogP contribution in [0.4, 0.5) is 8.78 Å². The Hall–Kier alpha value is -3.03. The van der Waals surface area contributed by atoms with Crippen LogP contribution in [-0.4, -0.2) is 228 Å². The molecule has 2 atom stereocenters. The normalized spacial score (nSPS) is 19.8. The predicted molar refractivity (Wildman–Crippen MR) is 460 cm³/mol. The van der Waals surface area contributed by atoms with Crippen molar-refractivity contribution in [3.63, 3.8) is 0 Å². The first kappa shape index (κ1) is 104. The van der Waals surface area contributed by atoms with E-state index >= 15 is 0 Å². The Bertz CT molecular complexity index is 4020. The van der Waals surface area contributed by atoms with Crippen molar-refractivity contribution < 1.29 is 63.5 Å². The van der Waals surface area contributed by atoms with Crippen LogP contribution in [0, 0.1) is 64.6 Å². The topological polar surface area (TPSA) is 268 Å². The number of rotatable bonds is 34. The van der Waals surface area contributed by atoms with Crippen molar-refractivity contribution in [2.24, 2.45) is 53.3 Å². The number of nitrogens with zero attached hydrogens (tertiary/aromatic N) is 8. The Morgan fingerprint density at radius 3 is 0.964 bits per heavy atom. The van der Waals surface area contributed by atoms with Crippen molar-refractivity contribution >= 4 is 75.7 Å². The minimum Gasteiger partial charge on any atom is -0.252 e.